The molecule has 5 heteroatoms. The molecular formula is C9H14N2O3. The average molecular weight is 198 g/mol. The van der Waals surface area contributed by atoms with E-state index in [1.54, 1.807) is 0 Å². The van der Waals surface area contributed by atoms with E-state index in [-0.39, 0.29) is 5.97 Å². The smallest absolute Gasteiger partial charge is 0.337 e. The van der Waals surface area contributed by atoms with E-state index in [0.29, 0.717) is 37.6 Å². The highest BCUT2D eigenvalue weighted by molar-refractivity contribution is 5.90. The zero-order valence-corrected chi connectivity index (χ0v) is 7.99. The van der Waals surface area contributed by atoms with Crippen molar-refractivity contribution in [1.82, 2.24) is 4.90 Å². The summed E-state index contributed by atoms with van der Waals surface area (Å²) in [7, 11) is 0. The number of cyclic esters (lactones) is 1. The molecule has 2 N–H and O–H groups in total. The van der Waals surface area contributed by atoms with E-state index < -0.39 is 0 Å². The van der Waals surface area contributed by atoms with Gasteiger partial charge in [0.05, 0.1) is 25.4 Å². The Balaban J connectivity index is 2.11. The van der Waals surface area contributed by atoms with Crippen LogP contribution in [0.1, 0.15) is 6.42 Å². The normalized spacial score (nSPS) is 26.3. The van der Waals surface area contributed by atoms with Crippen LogP contribution in [0.4, 0.5) is 0 Å². The number of nitrogens with zero attached hydrogens (tertiary/aromatic N) is 1. The molecule has 2 saturated heterocycles. The number of rotatable bonds is 1. The highest BCUT2D eigenvalue weighted by Gasteiger charge is 2.25. The molecule has 0 aromatic heterocycles. The third-order valence-electron chi connectivity index (χ3n) is 2.49. The number of morpholine rings is 1. The lowest BCUT2D eigenvalue weighted by Crippen LogP contribution is -2.39. The first-order chi connectivity index (χ1) is 6.79. The van der Waals surface area contributed by atoms with E-state index in [0.717, 1.165) is 13.1 Å². The van der Waals surface area contributed by atoms with Gasteiger partial charge >= 0.3 is 5.97 Å². The molecule has 2 aliphatic heterocycles. The summed E-state index contributed by atoms with van der Waals surface area (Å²) >= 11 is 0. The monoisotopic (exact) mass is 198 g/mol. The van der Waals surface area contributed by atoms with Gasteiger partial charge in [0.1, 0.15) is 5.82 Å². The summed E-state index contributed by atoms with van der Waals surface area (Å²) < 4.78 is 10.0. The van der Waals surface area contributed by atoms with Gasteiger partial charge in [-0.25, -0.2) is 4.79 Å². The van der Waals surface area contributed by atoms with Gasteiger partial charge in [-0.15, -0.1) is 0 Å². The number of carbonyl (C=O) groups excluding carboxylic acids is 1. The zero-order chi connectivity index (χ0) is 9.97. The van der Waals surface area contributed by atoms with Crippen LogP contribution in [0.25, 0.3) is 0 Å². The molecule has 2 rings (SSSR count). The molecule has 78 valence electrons. The van der Waals surface area contributed by atoms with Crippen LogP contribution in [0, 0.1) is 0 Å². The van der Waals surface area contributed by atoms with Crippen LogP contribution in [0.5, 0.6) is 0 Å². The third kappa shape index (κ3) is 1.68. The number of ether oxygens (including phenoxy) is 2. The molecule has 0 aromatic rings. The molecule has 0 unspecified atom stereocenters. The first kappa shape index (κ1) is 9.33. The van der Waals surface area contributed by atoms with Crippen LogP contribution < -0.4 is 5.73 Å². The van der Waals surface area contributed by atoms with Crippen LogP contribution in [-0.4, -0.2) is 43.8 Å². The van der Waals surface area contributed by atoms with Crippen LogP contribution in [-0.2, 0) is 14.3 Å². The van der Waals surface area contributed by atoms with Crippen LogP contribution >= 0.6 is 0 Å². The maximum absolute atomic E-state index is 11.2. The maximum atomic E-state index is 11.2. The van der Waals surface area contributed by atoms with E-state index in [9.17, 15) is 4.79 Å². The summed E-state index contributed by atoms with van der Waals surface area (Å²) in [6.07, 6.45) is 0.627. The van der Waals surface area contributed by atoms with Crippen molar-refractivity contribution >= 4 is 5.97 Å². The molecule has 14 heavy (non-hydrogen) atoms. The molecular weight excluding hydrogens is 184 g/mol. The summed E-state index contributed by atoms with van der Waals surface area (Å²) in [5.74, 6) is 0.296. The molecule has 0 aromatic carbocycles. The quantitative estimate of drug-likeness (QED) is 0.452. The highest BCUT2D eigenvalue weighted by atomic mass is 16.5. The molecule has 0 radical (unpaired) electrons. The fourth-order valence-corrected chi connectivity index (χ4v) is 1.66. The molecule has 0 amide bonds. The fraction of sp³-hybridized carbons (Fsp3) is 0.667. The number of esters is 1. The third-order valence-corrected chi connectivity index (χ3v) is 2.49. The molecule has 2 aliphatic rings. The molecule has 0 spiro atoms. The maximum Gasteiger partial charge on any atom is 0.337 e. The van der Waals surface area contributed by atoms with E-state index >= 15 is 0 Å². The van der Waals surface area contributed by atoms with Gasteiger partial charge in [0, 0.05) is 19.5 Å². The van der Waals surface area contributed by atoms with Gasteiger partial charge in [0.25, 0.3) is 0 Å². The van der Waals surface area contributed by atoms with Crippen molar-refractivity contribution in [2.45, 2.75) is 6.42 Å². The van der Waals surface area contributed by atoms with Gasteiger partial charge < -0.3 is 20.1 Å². The van der Waals surface area contributed by atoms with Crippen LogP contribution in [0.3, 0.4) is 0 Å². The molecule has 0 bridgehead atoms. The minimum atomic E-state index is -0.269. The van der Waals surface area contributed by atoms with E-state index in [1.165, 1.54) is 0 Å². The second-order valence-corrected chi connectivity index (χ2v) is 3.35. The highest BCUT2D eigenvalue weighted by Crippen LogP contribution is 2.18. The van der Waals surface area contributed by atoms with Gasteiger partial charge in [-0.1, -0.05) is 0 Å². The molecule has 0 aliphatic carbocycles. The Morgan fingerprint density at radius 2 is 2.00 bits per heavy atom. The Hall–Kier alpha value is -1.23. The second kappa shape index (κ2) is 3.88. The lowest BCUT2D eigenvalue weighted by Gasteiger charge is -2.29. The Bertz CT molecular complexity index is 269. The first-order valence-corrected chi connectivity index (χ1v) is 4.77. The standard InChI is InChI=1S/C9H14N2O3/c10-8(7-1-4-14-9(7)12)11-2-5-13-6-3-11/h1-6,10H2. The number of hydrogen-bond donors (Lipinski definition) is 1. The van der Waals surface area contributed by atoms with Crippen molar-refractivity contribution in [3.63, 3.8) is 0 Å². The molecule has 0 saturated carbocycles. The summed E-state index contributed by atoms with van der Waals surface area (Å²) in [5.41, 5.74) is 6.51. The SMILES string of the molecule is NC(=C1CCOC1=O)N1CCOCC1. The minimum Gasteiger partial charge on any atom is -0.462 e. The van der Waals surface area contributed by atoms with Crippen LogP contribution in [0.2, 0.25) is 0 Å². The van der Waals surface area contributed by atoms with E-state index in [1.807, 2.05) is 4.90 Å². The zero-order valence-electron chi connectivity index (χ0n) is 7.99. The first-order valence-electron chi connectivity index (χ1n) is 4.77. The Kier molecular flexibility index (Phi) is 2.58. The average Bonchev–Trinajstić information content (AvgIpc) is 2.65. The molecule has 0 atom stereocenters. The van der Waals surface area contributed by atoms with E-state index in [4.69, 9.17) is 15.2 Å². The lowest BCUT2D eigenvalue weighted by atomic mass is 10.2. The predicted octanol–water partition coefficient (Wildman–Crippen LogP) is -0.564. The van der Waals surface area contributed by atoms with Crippen molar-refractivity contribution in [2.24, 2.45) is 5.73 Å². The summed E-state index contributed by atoms with van der Waals surface area (Å²) in [6, 6.07) is 0. The van der Waals surface area contributed by atoms with Crippen molar-refractivity contribution in [2.75, 3.05) is 32.9 Å². The lowest BCUT2D eigenvalue weighted by molar-refractivity contribution is -0.135. The number of nitrogens with two attached hydrogens (primary N) is 1. The van der Waals surface area contributed by atoms with Gasteiger partial charge in [0.2, 0.25) is 0 Å². The van der Waals surface area contributed by atoms with Gasteiger partial charge in [-0.2, -0.15) is 0 Å². The summed E-state index contributed by atoms with van der Waals surface area (Å²) in [6.45, 7) is 3.30. The van der Waals surface area contributed by atoms with Crippen molar-refractivity contribution in [1.29, 1.82) is 0 Å². The Morgan fingerprint density at radius 1 is 1.29 bits per heavy atom. The fourth-order valence-electron chi connectivity index (χ4n) is 1.66. The molecule has 5 nitrogen and oxygen atoms in total. The Labute approximate surface area is 82.4 Å². The Morgan fingerprint density at radius 3 is 2.57 bits per heavy atom. The number of hydrogen-bond acceptors (Lipinski definition) is 5. The largest absolute Gasteiger partial charge is 0.462 e. The van der Waals surface area contributed by atoms with Crippen molar-refractivity contribution in [3.8, 4) is 0 Å². The van der Waals surface area contributed by atoms with Gasteiger partial charge in [-0.3, -0.25) is 0 Å². The molecule has 2 heterocycles. The van der Waals surface area contributed by atoms with Gasteiger partial charge in [0.15, 0.2) is 0 Å². The summed E-state index contributed by atoms with van der Waals surface area (Å²) in [5, 5.41) is 0. The minimum absolute atomic E-state index is 0.269. The van der Waals surface area contributed by atoms with Crippen LogP contribution in [0.15, 0.2) is 11.4 Å². The molecule has 2 fully saturated rings. The van der Waals surface area contributed by atoms with Crippen molar-refractivity contribution < 1.29 is 14.3 Å². The predicted molar refractivity (Wildman–Crippen MR) is 49.2 cm³/mol. The van der Waals surface area contributed by atoms with Gasteiger partial charge in [-0.05, 0) is 0 Å². The summed E-state index contributed by atoms with van der Waals surface area (Å²) in [4.78, 5) is 13.2. The topological polar surface area (TPSA) is 64.8 Å². The second-order valence-electron chi connectivity index (χ2n) is 3.35. The van der Waals surface area contributed by atoms with Crippen molar-refractivity contribution in [3.05, 3.63) is 11.4 Å². The number of carbonyl (C=O) groups is 1. The van der Waals surface area contributed by atoms with E-state index in [2.05, 4.69) is 0 Å².